The molecule has 0 unspecified atom stereocenters. The van der Waals surface area contributed by atoms with Gasteiger partial charge in [-0.2, -0.15) is 0 Å². The van der Waals surface area contributed by atoms with Crippen molar-refractivity contribution < 1.29 is 0 Å². The molecule has 0 atom stereocenters. The third kappa shape index (κ3) is 17.7. The van der Waals surface area contributed by atoms with E-state index in [9.17, 15) is 0 Å². The van der Waals surface area contributed by atoms with Gasteiger partial charge in [0.15, 0.2) is 0 Å². The van der Waals surface area contributed by atoms with Crippen LogP contribution in [-0.2, 0) is 0 Å². The average molecular weight is 164 g/mol. The van der Waals surface area contributed by atoms with E-state index in [1.165, 1.54) is 25.7 Å². The second-order valence-electron chi connectivity index (χ2n) is 2.35. The maximum absolute atomic E-state index is 5.06. The highest BCUT2D eigenvalue weighted by molar-refractivity contribution is 4.50. The van der Waals surface area contributed by atoms with Gasteiger partial charge in [0, 0.05) is 0 Å². The Bertz CT molecular complexity index is 39.7. The van der Waals surface area contributed by atoms with Crippen molar-refractivity contribution in [1.29, 1.82) is 0 Å². The summed E-state index contributed by atoms with van der Waals surface area (Å²) in [5, 5.41) is 0. The smallest absolute Gasteiger partial charge is 0.00653 e. The summed E-state index contributed by atoms with van der Waals surface area (Å²) >= 11 is 0. The van der Waals surface area contributed by atoms with Crippen LogP contribution >= 0.6 is 0 Å². The van der Waals surface area contributed by atoms with Crippen molar-refractivity contribution in [2.24, 2.45) is 11.5 Å². The van der Waals surface area contributed by atoms with Gasteiger partial charge in [-0.1, -0.05) is 25.7 Å². The summed E-state index contributed by atoms with van der Waals surface area (Å²) in [6.07, 6.45) is 6.94. The second kappa shape index (κ2) is 16.4. The minimum atomic E-state index is 0. The highest BCUT2D eigenvalue weighted by Crippen LogP contribution is 2.15. The van der Waals surface area contributed by atoms with Gasteiger partial charge in [0.1, 0.15) is 0 Å². The Morgan fingerprint density at radius 1 is 0.727 bits per heavy atom. The third-order valence-corrected chi connectivity index (χ3v) is 1.41. The van der Waals surface area contributed by atoms with Crippen LogP contribution in [0.15, 0.2) is 0 Å². The topological polar surface area (TPSA) is 122 Å². The molecular weight excluding hydrogens is 140 g/mol. The predicted octanol–water partition coefficient (Wildman–Crippen LogP) is 1.18. The van der Waals surface area contributed by atoms with E-state index in [1.807, 2.05) is 0 Å². The first-order valence-electron chi connectivity index (χ1n) is 3.82. The van der Waals surface area contributed by atoms with E-state index in [-0.39, 0.29) is 12.3 Å². The molecule has 1 aliphatic carbocycles. The Kier molecular flexibility index (Phi) is 25.5. The Balaban J connectivity index is -0.0000000990. The molecule has 0 saturated heterocycles. The van der Waals surface area contributed by atoms with Crippen molar-refractivity contribution in [3.63, 3.8) is 0 Å². The summed E-state index contributed by atoms with van der Waals surface area (Å²) in [5.41, 5.74) is 10.1. The number of rotatable bonds is 2. The van der Waals surface area contributed by atoms with Gasteiger partial charge in [-0.05, 0) is 19.5 Å². The normalized spacial score (nSPS) is 12.5. The Morgan fingerprint density at radius 3 is 1.00 bits per heavy atom. The molecule has 0 amide bonds. The van der Waals surface area contributed by atoms with Crippen molar-refractivity contribution >= 4 is 0 Å². The second-order valence-corrected chi connectivity index (χ2v) is 2.35. The van der Waals surface area contributed by atoms with E-state index in [0.717, 1.165) is 19.5 Å². The average Bonchev–Trinajstić information content (AvgIpc) is 1.63. The van der Waals surface area contributed by atoms with Crippen molar-refractivity contribution in [2.75, 3.05) is 13.1 Å². The molecule has 0 aromatic rings. The molecule has 1 rings (SSSR count). The van der Waals surface area contributed by atoms with Crippen LogP contribution in [0.1, 0.15) is 32.1 Å². The van der Waals surface area contributed by atoms with Crippen LogP contribution in [0.25, 0.3) is 0 Å². The molecule has 10 N–H and O–H groups in total. The van der Waals surface area contributed by atoms with Gasteiger partial charge in [-0.15, -0.1) is 0 Å². The van der Waals surface area contributed by atoms with Crippen molar-refractivity contribution in [3.05, 3.63) is 0 Å². The van der Waals surface area contributed by atoms with Crippen LogP contribution in [0.4, 0.5) is 0 Å². The molecule has 0 bridgehead atoms. The fourth-order valence-electron chi connectivity index (χ4n) is 0.368. The van der Waals surface area contributed by atoms with Crippen molar-refractivity contribution in [3.8, 4) is 0 Å². The molecule has 0 spiro atoms. The minimum absolute atomic E-state index is 0. The summed E-state index contributed by atoms with van der Waals surface area (Å²) in [4.78, 5) is 0. The van der Waals surface area contributed by atoms with Crippen LogP contribution in [-0.4, -0.2) is 13.1 Å². The lowest BCUT2D eigenvalue weighted by Gasteiger charge is -2.05. The molecule has 11 heavy (non-hydrogen) atoms. The maximum Gasteiger partial charge on any atom is -0.00653 e. The van der Waals surface area contributed by atoms with E-state index < -0.39 is 0 Å². The summed E-state index contributed by atoms with van der Waals surface area (Å²) in [7, 11) is 0. The number of hydrogen-bond acceptors (Lipinski definition) is 4. The van der Waals surface area contributed by atoms with Crippen LogP contribution in [0.2, 0.25) is 0 Å². The monoisotopic (exact) mass is 164 g/mol. The van der Waals surface area contributed by atoms with E-state index in [0.29, 0.717) is 0 Å². The van der Waals surface area contributed by atoms with Crippen LogP contribution in [0.5, 0.6) is 0 Å². The quantitative estimate of drug-likeness (QED) is 0.489. The zero-order chi connectivity index (χ0) is 6.95. The van der Waals surface area contributed by atoms with Gasteiger partial charge in [-0.25, -0.2) is 0 Å². The fraction of sp³-hybridized carbons (Fsp3) is 1.00. The lowest BCUT2D eigenvalue weighted by molar-refractivity contribution is 0.504. The lowest BCUT2D eigenvalue weighted by atomic mass is 10.0. The SMILES string of the molecule is C1CCC1.N.N.NCCCN. The molecule has 4 nitrogen and oxygen atoms in total. The molecule has 1 aliphatic rings. The summed E-state index contributed by atoms with van der Waals surface area (Å²) in [6, 6.07) is 0. The molecule has 1 fully saturated rings. The van der Waals surface area contributed by atoms with E-state index in [4.69, 9.17) is 11.5 Å². The number of hydrogen-bond donors (Lipinski definition) is 4. The van der Waals surface area contributed by atoms with Gasteiger partial charge < -0.3 is 23.8 Å². The molecule has 0 aromatic heterocycles. The highest BCUT2D eigenvalue weighted by atomic mass is 14.6. The molecule has 72 valence electrons. The molecule has 0 radical (unpaired) electrons. The van der Waals surface area contributed by atoms with Crippen LogP contribution < -0.4 is 23.8 Å². The molecular formula is C7H24N4. The predicted molar refractivity (Wildman–Crippen MR) is 51.2 cm³/mol. The zero-order valence-corrected chi connectivity index (χ0v) is 7.52. The van der Waals surface area contributed by atoms with Gasteiger partial charge in [0.2, 0.25) is 0 Å². The maximum atomic E-state index is 5.06. The molecule has 0 aliphatic heterocycles. The first-order valence-corrected chi connectivity index (χ1v) is 3.82. The largest absolute Gasteiger partial charge is 0.344 e. The van der Waals surface area contributed by atoms with Crippen molar-refractivity contribution in [2.45, 2.75) is 32.1 Å². The highest BCUT2D eigenvalue weighted by Gasteiger charge is 1.95. The van der Waals surface area contributed by atoms with Gasteiger partial charge >= 0.3 is 0 Å². The summed E-state index contributed by atoms with van der Waals surface area (Å²) in [5.74, 6) is 0. The van der Waals surface area contributed by atoms with E-state index in [2.05, 4.69) is 0 Å². The Morgan fingerprint density at radius 2 is 1.00 bits per heavy atom. The number of nitrogens with two attached hydrogens (primary N) is 2. The molecule has 0 aromatic carbocycles. The van der Waals surface area contributed by atoms with Gasteiger partial charge in [-0.3, -0.25) is 0 Å². The van der Waals surface area contributed by atoms with Crippen LogP contribution in [0.3, 0.4) is 0 Å². The van der Waals surface area contributed by atoms with Crippen molar-refractivity contribution in [1.82, 2.24) is 12.3 Å². The van der Waals surface area contributed by atoms with Crippen LogP contribution in [0, 0.1) is 0 Å². The fourth-order valence-corrected chi connectivity index (χ4v) is 0.368. The zero-order valence-electron chi connectivity index (χ0n) is 7.52. The molecule has 1 saturated carbocycles. The summed E-state index contributed by atoms with van der Waals surface area (Å²) in [6.45, 7) is 1.44. The van der Waals surface area contributed by atoms with Gasteiger partial charge in [0.25, 0.3) is 0 Å². The molecule has 0 heterocycles. The first-order chi connectivity index (χ1) is 4.41. The Labute approximate surface area is 69.9 Å². The third-order valence-electron chi connectivity index (χ3n) is 1.41. The Hall–Kier alpha value is -0.160. The standard InChI is InChI=1S/C4H8.C3H10N2.2H3N/c1-2-4-3-1;4-2-1-3-5;;/h1-4H2;1-5H2;2*1H3. The van der Waals surface area contributed by atoms with Gasteiger partial charge in [0.05, 0.1) is 0 Å². The molecule has 4 heteroatoms. The minimum Gasteiger partial charge on any atom is -0.344 e. The lowest BCUT2D eigenvalue weighted by Crippen LogP contribution is -2.06. The van der Waals surface area contributed by atoms with E-state index in [1.54, 1.807) is 0 Å². The summed E-state index contributed by atoms with van der Waals surface area (Å²) < 4.78 is 0. The van der Waals surface area contributed by atoms with E-state index >= 15 is 0 Å². The first kappa shape index (κ1) is 17.1.